The summed E-state index contributed by atoms with van der Waals surface area (Å²) in [4.78, 5) is 22.7. The lowest BCUT2D eigenvalue weighted by Crippen LogP contribution is -2.41. The molecule has 8 heteroatoms. The predicted octanol–water partition coefficient (Wildman–Crippen LogP) is 2.27. The molecule has 1 amide bonds. The second kappa shape index (κ2) is 3.99. The van der Waals surface area contributed by atoms with E-state index in [-0.39, 0.29) is 0 Å². The fourth-order valence-electron chi connectivity index (χ4n) is 1.57. The van der Waals surface area contributed by atoms with Crippen molar-refractivity contribution in [2.75, 3.05) is 0 Å². The highest BCUT2D eigenvalue weighted by Gasteiger charge is 2.45. The average Bonchev–Trinajstić information content (AvgIpc) is 2.76. The van der Waals surface area contributed by atoms with Crippen molar-refractivity contribution in [3.05, 3.63) is 21.9 Å². The van der Waals surface area contributed by atoms with Crippen LogP contribution in [0.5, 0.6) is 0 Å². The number of halogens is 4. The highest BCUT2D eigenvalue weighted by molar-refractivity contribution is 7.12. The maximum atomic E-state index is 12.1. The van der Waals surface area contributed by atoms with Crippen LogP contribution >= 0.6 is 22.9 Å². The molecule has 1 aliphatic carbocycles. The third-order valence-corrected chi connectivity index (χ3v) is 3.74. The van der Waals surface area contributed by atoms with Gasteiger partial charge in [-0.3, -0.25) is 9.59 Å². The average molecular weight is 284 g/mol. The van der Waals surface area contributed by atoms with Crippen molar-refractivity contribution in [1.29, 1.82) is 0 Å². The molecule has 0 spiro atoms. The van der Waals surface area contributed by atoms with Crippen molar-refractivity contribution in [3.8, 4) is 0 Å². The fraction of sp³-hybridized carbons (Fsp3) is 0.333. The SMILES string of the molecule is O=C1c2sccc2[C@@H](NC(=O)C(F)(F)F)[C@H]1Cl. The van der Waals surface area contributed by atoms with Gasteiger partial charge in [-0.05, 0) is 17.0 Å². The first-order valence-electron chi connectivity index (χ1n) is 4.45. The maximum absolute atomic E-state index is 12.1. The quantitative estimate of drug-likeness (QED) is 0.804. The molecule has 1 aromatic rings. The van der Waals surface area contributed by atoms with Gasteiger partial charge in [-0.1, -0.05) is 0 Å². The number of alkyl halides is 4. The molecule has 0 saturated heterocycles. The van der Waals surface area contributed by atoms with Gasteiger partial charge in [-0.15, -0.1) is 22.9 Å². The van der Waals surface area contributed by atoms with Crippen LogP contribution in [-0.4, -0.2) is 23.2 Å². The number of thiophene rings is 1. The molecule has 1 aromatic heterocycles. The molecule has 2 atom stereocenters. The largest absolute Gasteiger partial charge is 0.471 e. The van der Waals surface area contributed by atoms with Crippen molar-refractivity contribution >= 4 is 34.6 Å². The topological polar surface area (TPSA) is 46.2 Å². The molecule has 0 saturated carbocycles. The van der Waals surface area contributed by atoms with Crippen LogP contribution < -0.4 is 5.32 Å². The van der Waals surface area contributed by atoms with Gasteiger partial charge in [-0.2, -0.15) is 13.2 Å². The molecule has 0 unspecified atom stereocenters. The molecule has 0 aliphatic heterocycles. The third kappa shape index (κ3) is 2.04. The smallest absolute Gasteiger partial charge is 0.339 e. The van der Waals surface area contributed by atoms with Gasteiger partial charge in [0.25, 0.3) is 0 Å². The van der Waals surface area contributed by atoms with Crippen molar-refractivity contribution in [2.45, 2.75) is 17.6 Å². The molecule has 0 fully saturated rings. The Morgan fingerprint density at radius 2 is 2.12 bits per heavy atom. The van der Waals surface area contributed by atoms with E-state index in [1.165, 1.54) is 6.07 Å². The van der Waals surface area contributed by atoms with Gasteiger partial charge in [0, 0.05) is 0 Å². The number of carbonyl (C=O) groups excluding carboxylic acids is 2. The summed E-state index contributed by atoms with van der Waals surface area (Å²) < 4.78 is 36.3. The van der Waals surface area contributed by atoms with Gasteiger partial charge >= 0.3 is 12.1 Å². The second-order valence-corrected chi connectivity index (χ2v) is 4.81. The van der Waals surface area contributed by atoms with Gasteiger partial charge in [0.1, 0.15) is 5.38 Å². The predicted molar refractivity (Wildman–Crippen MR) is 55.2 cm³/mol. The lowest BCUT2D eigenvalue weighted by atomic mass is 10.1. The van der Waals surface area contributed by atoms with E-state index in [1.54, 1.807) is 10.7 Å². The van der Waals surface area contributed by atoms with E-state index in [4.69, 9.17) is 11.6 Å². The Kier molecular flexibility index (Phi) is 2.90. The molecule has 1 aliphatic rings. The summed E-state index contributed by atoms with van der Waals surface area (Å²) in [6.07, 6.45) is -4.99. The standard InChI is InChI=1S/C9H5ClF3NO2S/c10-4-5(14-8(16)9(11,12)13)3-1-2-17-7(3)6(4)15/h1-2,4-5H,(H,14,16)/t4-,5-/m1/s1. The Balaban J connectivity index is 2.24. The van der Waals surface area contributed by atoms with Crippen molar-refractivity contribution in [2.24, 2.45) is 0 Å². The zero-order chi connectivity index (χ0) is 12.8. The molecule has 1 N–H and O–H groups in total. The first-order chi connectivity index (χ1) is 7.82. The molecule has 92 valence electrons. The van der Waals surface area contributed by atoms with Crippen LogP contribution in [0.4, 0.5) is 13.2 Å². The lowest BCUT2D eigenvalue weighted by molar-refractivity contribution is -0.174. The Bertz CT molecular complexity index is 485. The zero-order valence-corrected chi connectivity index (χ0v) is 9.62. The minimum Gasteiger partial charge on any atom is -0.339 e. The van der Waals surface area contributed by atoms with E-state index < -0.39 is 29.3 Å². The normalized spacial score (nSPS) is 23.6. The van der Waals surface area contributed by atoms with Crippen LogP contribution in [0.1, 0.15) is 21.3 Å². The molecule has 0 radical (unpaired) electrons. The molecule has 17 heavy (non-hydrogen) atoms. The maximum Gasteiger partial charge on any atom is 0.471 e. The minimum atomic E-state index is -4.99. The Hall–Kier alpha value is -1.08. The molecular weight excluding hydrogens is 279 g/mol. The summed E-state index contributed by atoms with van der Waals surface area (Å²) in [5, 5.41) is 2.12. The summed E-state index contributed by atoms with van der Waals surface area (Å²) in [5.74, 6) is -2.55. The van der Waals surface area contributed by atoms with E-state index in [0.717, 1.165) is 11.3 Å². The number of Topliss-reactive ketones (excluding diaryl/α,β-unsaturated/α-hetero) is 1. The molecule has 0 bridgehead atoms. The van der Waals surface area contributed by atoms with Gasteiger partial charge in [0.2, 0.25) is 0 Å². The van der Waals surface area contributed by atoms with Crippen LogP contribution in [0.2, 0.25) is 0 Å². The van der Waals surface area contributed by atoms with Crippen LogP contribution in [-0.2, 0) is 4.79 Å². The summed E-state index contributed by atoms with van der Waals surface area (Å²) in [6, 6.07) is 0.376. The van der Waals surface area contributed by atoms with Crippen LogP contribution in [0.15, 0.2) is 11.4 Å². The number of carbonyl (C=O) groups is 2. The van der Waals surface area contributed by atoms with E-state index in [9.17, 15) is 22.8 Å². The van der Waals surface area contributed by atoms with Gasteiger partial charge in [0.05, 0.1) is 10.9 Å². The highest BCUT2D eigenvalue weighted by atomic mass is 35.5. The van der Waals surface area contributed by atoms with Crippen molar-refractivity contribution in [1.82, 2.24) is 5.32 Å². The monoisotopic (exact) mass is 283 g/mol. The van der Waals surface area contributed by atoms with Crippen molar-refractivity contribution < 1.29 is 22.8 Å². The van der Waals surface area contributed by atoms with Crippen molar-refractivity contribution in [3.63, 3.8) is 0 Å². The Labute approximate surface area is 103 Å². The molecule has 3 nitrogen and oxygen atoms in total. The molecule has 1 heterocycles. The highest BCUT2D eigenvalue weighted by Crippen LogP contribution is 2.38. The van der Waals surface area contributed by atoms with E-state index in [2.05, 4.69) is 0 Å². The summed E-state index contributed by atoms with van der Waals surface area (Å²) >= 11 is 6.80. The molecular formula is C9H5ClF3NO2S. The first-order valence-corrected chi connectivity index (χ1v) is 5.77. The van der Waals surface area contributed by atoms with Crippen LogP contribution in [0.25, 0.3) is 0 Å². The first kappa shape index (κ1) is 12.4. The second-order valence-electron chi connectivity index (χ2n) is 3.42. The van der Waals surface area contributed by atoms with E-state index in [0.29, 0.717) is 10.4 Å². The number of hydrogen-bond donors (Lipinski definition) is 1. The van der Waals surface area contributed by atoms with E-state index >= 15 is 0 Å². The minimum absolute atomic E-state index is 0.303. The molecule has 0 aromatic carbocycles. The van der Waals surface area contributed by atoms with E-state index in [1.807, 2.05) is 0 Å². The Morgan fingerprint density at radius 1 is 1.47 bits per heavy atom. The van der Waals surface area contributed by atoms with Crippen LogP contribution in [0, 0.1) is 0 Å². The number of fused-ring (bicyclic) bond motifs is 1. The Morgan fingerprint density at radius 3 is 2.71 bits per heavy atom. The van der Waals surface area contributed by atoms with Crippen LogP contribution in [0.3, 0.4) is 0 Å². The number of ketones is 1. The summed E-state index contributed by atoms with van der Waals surface area (Å²) in [6.45, 7) is 0. The van der Waals surface area contributed by atoms with Gasteiger partial charge in [0.15, 0.2) is 5.78 Å². The number of nitrogens with one attached hydrogen (secondary N) is 1. The summed E-state index contributed by atoms with van der Waals surface area (Å²) in [5.41, 5.74) is 0.345. The third-order valence-electron chi connectivity index (χ3n) is 2.34. The fourth-order valence-corrected chi connectivity index (χ4v) is 2.87. The zero-order valence-electron chi connectivity index (χ0n) is 8.05. The molecule has 2 rings (SSSR count). The lowest BCUT2D eigenvalue weighted by Gasteiger charge is -2.16. The summed E-state index contributed by atoms with van der Waals surface area (Å²) in [7, 11) is 0. The van der Waals surface area contributed by atoms with Gasteiger partial charge in [-0.25, -0.2) is 0 Å². The van der Waals surface area contributed by atoms with Gasteiger partial charge < -0.3 is 5.32 Å². The number of hydrogen-bond acceptors (Lipinski definition) is 3. The number of amides is 1. The number of rotatable bonds is 1.